The number of hydrogen-bond donors (Lipinski definition) is 1. The standard InChI is InChI=1S/C15H17NO2/c1-16-14(13-7-4-9-17-13)15-12-6-3-2-5-11(12)8-10-18-15/h2-7,9,14-16H,8,10H2,1H3. The van der Waals surface area contributed by atoms with Gasteiger partial charge in [0.15, 0.2) is 0 Å². The van der Waals surface area contributed by atoms with E-state index in [9.17, 15) is 0 Å². The average Bonchev–Trinajstić information content (AvgIpc) is 2.94. The molecule has 0 aliphatic carbocycles. The van der Waals surface area contributed by atoms with Gasteiger partial charge in [-0.3, -0.25) is 0 Å². The second-order valence-electron chi connectivity index (χ2n) is 4.52. The zero-order valence-corrected chi connectivity index (χ0v) is 10.4. The van der Waals surface area contributed by atoms with Crippen molar-refractivity contribution in [2.45, 2.75) is 18.6 Å². The molecular formula is C15H17NO2. The Labute approximate surface area is 107 Å². The fourth-order valence-electron chi connectivity index (χ4n) is 2.61. The third-order valence-electron chi connectivity index (χ3n) is 3.49. The third-order valence-corrected chi connectivity index (χ3v) is 3.49. The van der Waals surface area contributed by atoms with E-state index in [1.165, 1.54) is 11.1 Å². The first-order chi connectivity index (χ1) is 8.90. The number of rotatable bonds is 3. The quantitative estimate of drug-likeness (QED) is 0.900. The van der Waals surface area contributed by atoms with Crippen LogP contribution in [0.15, 0.2) is 47.1 Å². The second kappa shape index (κ2) is 4.96. The monoisotopic (exact) mass is 243 g/mol. The molecular weight excluding hydrogens is 226 g/mol. The summed E-state index contributed by atoms with van der Waals surface area (Å²) in [6, 6.07) is 12.4. The Hall–Kier alpha value is -1.58. The molecule has 1 aromatic heterocycles. The van der Waals surface area contributed by atoms with Gasteiger partial charge in [-0.15, -0.1) is 0 Å². The highest BCUT2D eigenvalue weighted by Gasteiger charge is 2.30. The van der Waals surface area contributed by atoms with E-state index in [4.69, 9.17) is 9.15 Å². The van der Waals surface area contributed by atoms with Crippen molar-refractivity contribution >= 4 is 0 Å². The fraction of sp³-hybridized carbons (Fsp3) is 0.333. The summed E-state index contributed by atoms with van der Waals surface area (Å²) >= 11 is 0. The minimum Gasteiger partial charge on any atom is -0.468 e. The second-order valence-corrected chi connectivity index (χ2v) is 4.52. The molecule has 3 rings (SSSR count). The molecule has 1 aromatic carbocycles. The molecule has 0 radical (unpaired) electrons. The van der Waals surface area contributed by atoms with E-state index in [-0.39, 0.29) is 12.1 Å². The van der Waals surface area contributed by atoms with E-state index in [0.717, 1.165) is 18.8 Å². The van der Waals surface area contributed by atoms with Crippen LogP contribution in [0.25, 0.3) is 0 Å². The molecule has 18 heavy (non-hydrogen) atoms. The molecule has 1 aliphatic heterocycles. The molecule has 0 saturated heterocycles. The van der Waals surface area contributed by atoms with Crippen LogP contribution < -0.4 is 5.32 Å². The normalized spacial score (nSPS) is 20.4. The molecule has 3 heteroatoms. The van der Waals surface area contributed by atoms with Gasteiger partial charge in [-0.2, -0.15) is 0 Å². The van der Waals surface area contributed by atoms with Gasteiger partial charge in [0.25, 0.3) is 0 Å². The van der Waals surface area contributed by atoms with Crippen LogP contribution in [0.5, 0.6) is 0 Å². The van der Waals surface area contributed by atoms with Gasteiger partial charge in [0.05, 0.1) is 18.9 Å². The zero-order chi connectivity index (χ0) is 12.4. The van der Waals surface area contributed by atoms with Gasteiger partial charge >= 0.3 is 0 Å². The Morgan fingerprint density at radius 3 is 2.89 bits per heavy atom. The number of nitrogens with one attached hydrogen (secondary N) is 1. The topological polar surface area (TPSA) is 34.4 Å². The van der Waals surface area contributed by atoms with Crippen molar-refractivity contribution < 1.29 is 9.15 Å². The number of hydrogen-bond acceptors (Lipinski definition) is 3. The molecule has 94 valence electrons. The van der Waals surface area contributed by atoms with Gasteiger partial charge in [-0.25, -0.2) is 0 Å². The largest absolute Gasteiger partial charge is 0.468 e. The van der Waals surface area contributed by atoms with Crippen molar-refractivity contribution in [3.05, 3.63) is 59.5 Å². The third kappa shape index (κ3) is 1.96. The van der Waals surface area contributed by atoms with Gasteiger partial charge in [0, 0.05) is 0 Å². The smallest absolute Gasteiger partial charge is 0.123 e. The van der Waals surface area contributed by atoms with Crippen LogP contribution in [0.1, 0.15) is 29.0 Å². The summed E-state index contributed by atoms with van der Waals surface area (Å²) in [7, 11) is 1.94. The van der Waals surface area contributed by atoms with Crippen LogP contribution in [0, 0.1) is 0 Å². The molecule has 0 amide bonds. The van der Waals surface area contributed by atoms with E-state index in [1.54, 1.807) is 6.26 Å². The fourth-order valence-corrected chi connectivity index (χ4v) is 2.61. The van der Waals surface area contributed by atoms with Crippen molar-refractivity contribution in [2.24, 2.45) is 0 Å². The zero-order valence-electron chi connectivity index (χ0n) is 10.4. The van der Waals surface area contributed by atoms with Crippen molar-refractivity contribution in [3.8, 4) is 0 Å². The molecule has 0 bridgehead atoms. The molecule has 3 nitrogen and oxygen atoms in total. The lowest BCUT2D eigenvalue weighted by atomic mass is 9.92. The minimum atomic E-state index is 0.0195. The highest BCUT2D eigenvalue weighted by molar-refractivity contribution is 5.33. The molecule has 1 N–H and O–H groups in total. The van der Waals surface area contributed by atoms with Crippen LogP contribution in [0.2, 0.25) is 0 Å². The summed E-state index contributed by atoms with van der Waals surface area (Å²) in [5.41, 5.74) is 2.64. The van der Waals surface area contributed by atoms with Crippen molar-refractivity contribution in [1.29, 1.82) is 0 Å². The molecule has 2 aromatic rings. The van der Waals surface area contributed by atoms with Crippen LogP contribution >= 0.6 is 0 Å². The van der Waals surface area contributed by atoms with E-state index >= 15 is 0 Å². The molecule has 2 unspecified atom stereocenters. The Bertz CT molecular complexity index is 507. The van der Waals surface area contributed by atoms with Crippen LogP contribution in [0.4, 0.5) is 0 Å². The van der Waals surface area contributed by atoms with Gasteiger partial charge in [0.1, 0.15) is 11.9 Å². The lowest BCUT2D eigenvalue weighted by molar-refractivity contribution is 0.0115. The van der Waals surface area contributed by atoms with Crippen molar-refractivity contribution in [2.75, 3.05) is 13.7 Å². The lowest BCUT2D eigenvalue weighted by Crippen LogP contribution is -2.29. The number of furan rings is 1. The summed E-state index contributed by atoms with van der Waals surface area (Å²) in [5.74, 6) is 0.916. The molecule has 0 saturated carbocycles. The summed E-state index contributed by atoms with van der Waals surface area (Å²) in [5, 5.41) is 3.30. The highest BCUT2D eigenvalue weighted by atomic mass is 16.5. The Morgan fingerprint density at radius 2 is 2.11 bits per heavy atom. The molecule has 2 atom stereocenters. The number of fused-ring (bicyclic) bond motifs is 1. The average molecular weight is 243 g/mol. The molecule has 0 fully saturated rings. The van der Waals surface area contributed by atoms with Gasteiger partial charge in [-0.1, -0.05) is 24.3 Å². The van der Waals surface area contributed by atoms with Crippen LogP contribution in [-0.4, -0.2) is 13.7 Å². The van der Waals surface area contributed by atoms with Crippen molar-refractivity contribution in [3.63, 3.8) is 0 Å². The first-order valence-electron chi connectivity index (χ1n) is 6.30. The van der Waals surface area contributed by atoms with Gasteiger partial charge < -0.3 is 14.5 Å². The Kier molecular flexibility index (Phi) is 3.17. The van der Waals surface area contributed by atoms with Gasteiger partial charge in [0.2, 0.25) is 0 Å². The Morgan fingerprint density at radius 1 is 1.22 bits per heavy atom. The molecule has 0 spiro atoms. The lowest BCUT2D eigenvalue weighted by Gasteiger charge is -2.31. The number of likely N-dealkylation sites (N-methyl/N-ethyl adjacent to an activating group) is 1. The predicted molar refractivity (Wildman–Crippen MR) is 69.3 cm³/mol. The van der Waals surface area contributed by atoms with Crippen LogP contribution in [0.3, 0.4) is 0 Å². The van der Waals surface area contributed by atoms with E-state index in [0.29, 0.717) is 0 Å². The summed E-state index contributed by atoms with van der Waals surface area (Å²) in [6.07, 6.45) is 2.71. The maximum Gasteiger partial charge on any atom is 0.123 e. The number of benzene rings is 1. The van der Waals surface area contributed by atoms with Crippen molar-refractivity contribution in [1.82, 2.24) is 5.32 Å². The van der Waals surface area contributed by atoms with Crippen LogP contribution in [-0.2, 0) is 11.2 Å². The minimum absolute atomic E-state index is 0.0195. The first kappa shape index (κ1) is 11.5. The maximum atomic E-state index is 5.96. The molecule has 2 heterocycles. The predicted octanol–water partition coefficient (Wildman–Crippen LogP) is 2.85. The van der Waals surface area contributed by atoms with E-state index < -0.39 is 0 Å². The Balaban J connectivity index is 1.97. The maximum absolute atomic E-state index is 5.96. The number of ether oxygens (including phenoxy) is 1. The summed E-state index contributed by atoms with van der Waals surface area (Å²) < 4.78 is 11.5. The van der Waals surface area contributed by atoms with E-state index in [2.05, 4.69) is 29.6 Å². The molecule has 1 aliphatic rings. The summed E-state index contributed by atoms with van der Waals surface area (Å²) in [4.78, 5) is 0. The SMILES string of the molecule is CNC(c1ccco1)C1OCCc2ccccc21. The van der Waals surface area contributed by atoms with E-state index in [1.807, 2.05) is 19.2 Å². The summed E-state index contributed by atoms with van der Waals surface area (Å²) in [6.45, 7) is 0.764. The van der Waals surface area contributed by atoms with Gasteiger partial charge in [-0.05, 0) is 36.7 Å². The first-order valence-corrected chi connectivity index (χ1v) is 6.30. The highest BCUT2D eigenvalue weighted by Crippen LogP contribution is 2.36.